The summed E-state index contributed by atoms with van der Waals surface area (Å²) in [5, 5.41) is 0. The number of hydrogen-bond donors (Lipinski definition) is 0. The maximum absolute atomic E-state index is 13.1. The number of methoxy groups -OCH3 is 1. The first-order valence-electron chi connectivity index (χ1n) is 5.97. The summed E-state index contributed by atoms with van der Waals surface area (Å²) in [4.78, 5) is 0. The van der Waals surface area contributed by atoms with Gasteiger partial charge in [-0.05, 0) is 54.9 Å². The summed E-state index contributed by atoms with van der Waals surface area (Å²) in [6, 6.07) is 2.21. The van der Waals surface area contributed by atoms with Gasteiger partial charge >= 0.3 is 0 Å². The van der Waals surface area contributed by atoms with Gasteiger partial charge in [0.25, 0.3) is 0 Å². The fourth-order valence-electron chi connectivity index (χ4n) is 2.42. The van der Waals surface area contributed by atoms with Gasteiger partial charge in [-0.3, -0.25) is 0 Å². The Labute approximate surface area is 104 Å². The first-order valence-corrected chi connectivity index (χ1v) is 5.97. The summed E-state index contributed by atoms with van der Waals surface area (Å²) >= 11 is 0. The average molecular weight is 256 g/mol. The summed E-state index contributed by atoms with van der Waals surface area (Å²) in [6.45, 7) is 0. The molecule has 0 radical (unpaired) electrons. The van der Waals surface area contributed by atoms with Crippen molar-refractivity contribution in [3.8, 4) is 0 Å². The average Bonchev–Trinajstić information content (AvgIpc) is 2.37. The molecule has 0 unspecified atom stereocenters. The number of hydrogen-bond acceptors (Lipinski definition) is 1. The largest absolute Gasteiger partial charge is 0.504 e. The molecule has 0 N–H and O–H groups in total. The molecule has 1 aromatic carbocycles. The van der Waals surface area contributed by atoms with Gasteiger partial charge < -0.3 is 4.74 Å². The monoisotopic (exact) mass is 256 g/mol. The lowest BCUT2D eigenvalue weighted by molar-refractivity contribution is 0.326. The standard InChI is InChI=1S/C14H15F3O/c1-18-8-9-2-4-10(5-3-9)11-6-12(15)14(17)13(16)7-11/h6-8,10H,2-5H2,1H3. The summed E-state index contributed by atoms with van der Waals surface area (Å²) < 4.78 is 44.1. The third-order valence-corrected chi connectivity index (χ3v) is 3.39. The highest BCUT2D eigenvalue weighted by Gasteiger charge is 2.21. The van der Waals surface area contributed by atoms with Crippen LogP contribution in [-0.4, -0.2) is 7.11 Å². The number of halogens is 3. The van der Waals surface area contributed by atoms with Gasteiger partial charge in [-0.15, -0.1) is 0 Å². The molecule has 0 aliphatic heterocycles. The number of allylic oxidation sites excluding steroid dienone is 1. The molecule has 0 amide bonds. The fourth-order valence-corrected chi connectivity index (χ4v) is 2.42. The highest BCUT2D eigenvalue weighted by atomic mass is 19.2. The molecule has 0 saturated heterocycles. The molecule has 1 aliphatic rings. The second kappa shape index (κ2) is 5.46. The van der Waals surface area contributed by atoms with Crippen LogP contribution in [0.3, 0.4) is 0 Å². The number of rotatable bonds is 2. The van der Waals surface area contributed by atoms with Crippen molar-refractivity contribution in [1.29, 1.82) is 0 Å². The Kier molecular flexibility index (Phi) is 3.94. The van der Waals surface area contributed by atoms with E-state index in [2.05, 4.69) is 0 Å². The molecule has 0 heterocycles. The van der Waals surface area contributed by atoms with Crippen LogP contribution in [0.15, 0.2) is 24.0 Å². The maximum atomic E-state index is 13.1. The Morgan fingerprint density at radius 2 is 1.67 bits per heavy atom. The molecule has 0 atom stereocenters. The van der Waals surface area contributed by atoms with Gasteiger partial charge in [0.2, 0.25) is 0 Å². The van der Waals surface area contributed by atoms with E-state index in [0.717, 1.165) is 37.8 Å². The molecule has 18 heavy (non-hydrogen) atoms. The minimum atomic E-state index is -1.39. The van der Waals surface area contributed by atoms with Crippen molar-refractivity contribution in [2.75, 3.05) is 7.11 Å². The van der Waals surface area contributed by atoms with Gasteiger partial charge in [0, 0.05) is 0 Å². The Morgan fingerprint density at radius 3 is 2.17 bits per heavy atom. The molecule has 98 valence electrons. The molecule has 2 rings (SSSR count). The Hall–Kier alpha value is -1.45. The topological polar surface area (TPSA) is 9.23 Å². The molecular formula is C14H15F3O. The maximum Gasteiger partial charge on any atom is 0.194 e. The van der Waals surface area contributed by atoms with Crippen molar-refractivity contribution in [2.24, 2.45) is 0 Å². The quantitative estimate of drug-likeness (QED) is 0.566. The second-order valence-corrected chi connectivity index (χ2v) is 4.58. The molecule has 1 nitrogen and oxygen atoms in total. The van der Waals surface area contributed by atoms with Crippen LogP contribution in [-0.2, 0) is 4.74 Å². The molecule has 1 saturated carbocycles. The lowest BCUT2D eigenvalue weighted by atomic mass is 9.82. The molecule has 0 spiro atoms. The molecule has 4 heteroatoms. The van der Waals surface area contributed by atoms with Crippen LogP contribution in [0.1, 0.15) is 37.2 Å². The van der Waals surface area contributed by atoms with Crippen LogP contribution in [0, 0.1) is 17.5 Å². The first kappa shape index (κ1) is 13.0. The van der Waals surface area contributed by atoms with E-state index >= 15 is 0 Å². The van der Waals surface area contributed by atoms with E-state index in [0.29, 0.717) is 5.56 Å². The molecule has 1 aliphatic carbocycles. The SMILES string of the molecule is COC=C1CCC(c2cc(F)c(F)c(F)c2)CC1. The Bertz CT molecular complexity index is 435. The van der Waals surface area contributed by atoms with Crippen molar-refractivity contribution in [1.82, 2.24) is 0 Å². The normalized spacial score (nSPS) is 19.8. The van der Waals surface area contributed by atoms with Crippen molar-refractivity contribution < 1.29 is 17.9 Å². The minimum Gasteiger partial charge on any atom is -0.504 e. The zero-order chi connectivity index (χ0) is 13.1. The number of ether oxygens (including phenoxy) is 1. The summed E-state index contributed by atoms with van der Waals surface area (Å²) in [6.07, 6.45) is 5.03. The minimum absolute atomic E-state index is 0.0867. The van der Waals surface area contributed by atoms with E-state index in [1.165, 1.54) is 5.57 Å². The van der Waals surface area contributed by atoms with E-state index in [4.69, 9.17) is 4.74 Å². The Balaban J connectivity index is 2.12. The van der Waals surface area contributed by atoms with Gasteiger partial charge in [0.15, 0.2) is 17.5 Å². The van der Waals surface area contributed by atoms with Crippen LogP contribution in [0.4, 0.5) is 13.2 Å². The molecule has 0 aromatic heterocycles. The van der Waals surface area contributed by atoms with Crippen molar-refractivity contribution in [3.63, 3.8) is 0 Å². The van der Waals surface area contributed by atoms with Gasteiger partial charge in [-0.25, -0.2) is 13.2 Å². The van der Waals surface area contributed by atoms with Crippen LogP contribution >= 0.6 is 0 Å². The summed E-state index contributed by atoms with van der Waals surface area (Å²) in [7, 11) is 1.60. The molecule has 1 fully saturated rings. The van der Waals surface area contributed by atoms with Gasteiger partial charge in [0.05, 0.1) is 13.4 Å². The predicted molar refractivity (Wildman–Crippen MR) is 62.6 cm³/mol. The highest BCUT2D eigenvalue weighted by molar-refractivity contribution is 5.24. The van der Waals surface area contributed by atoms with E-state index in [1.807, 2.05) is 0 Å². The first-order chi connectivity index (χ1) is 8.61. The smallest absolute Gasteiger partial charge is 0.194 e. The fraction of sp³-hybridized carbons (Fsp3) is 0.429. The van der Waals surface area contributed by atoms with Crippen LogP contribution in [0.25, 0.3) is 0 Å². The zero-order valence-electron chi connectivity index (χ0n) is 10.2. The van der Waals surface area contributed by atoms with E-state index in [1.54, 1.807) is 13.4 Å². The second-order valence-electron chi connectivity index (χ2n) is 4.58. The van der Waals surface area contributed by atoms with Gasteiger partial charge in [-0.2, -0.15) is 0 Å². The molecule has 0 bridgehead atoms. The Morgan fingerprint density at radius 1 is 1.11 bits per heavy atom. The lowest BCUT2D eigenvalue weighted by Crippen LogP contribution is -2.08. The van der Waals surface area contributed by atoms with E-state index in [-0.39, 0.29) is 5.92 Å². The van der Waals surface area contributed by atoms with Crippen LogP contribution in [0.2, 0.25) is 0 Å². The van der Waals surface area contributed by atoms with Crippen molar-refractivity contribution >= 4 is 0 Å². The van der Waals surface area contributed by atoms with Gasteiger partial charge in [-0.1, -0.05) is 0 Å². The van der Waals surface area contributed by atoms with E-state index in [9.17, 15) is 13.2 Å². The van der Waals surface area contributed by atoms with E-state index < -0.39 is 17.5 Å². The molecule has 1 aromatic rings. The van der Waals surface area contributed by atoms with Crippen LogP contribution < -0.4 is 0 Å². The van der Waals surface area contributed by atoms with Crippen molar-refractivity contribution in [3.05, 3.63) is 47.0 Å². The third kappa shape index (κ3) is 2.68. The number of benzene rings is 1. The van der Waals surface area contributed by atoms with Crippen LogP contribution in [0.5, 0.6) is 0 Å². The van der Waals surface area contributed by atoms with Gasteiger partial charge in [0.1, 0.15) is 0 Å². The lowest BCUT2D eigenvalue weighted by Gasteiger charge is -2.24. The third-order valence-electron chi connectivity index (χ3n) is 3.39. The zero-order valence-corrected chi connectivity index (χ0v) is 10.2. The summed E-state index contributed by atoms with van der Waals surface area (Å²) in [5.41, 5.74) is 1.75. The van der Waals surface area contributed by atoms with Crippen molar-refractivity contribution in [2.45, 2.75) is 31.6 Å². The predicted octanol–water partition coefficient (Wildman–Crippen LogP) is 4.29. The highest BCUT2D eigenvalue weighted by Crippen LogP contribution is 2.36. The molecular weight excluding hydrogens is 241 g/mol. The summed E-state index contributed by atoms with van der Waals surface area (Å²) in [5.74, 6) is -3.52.